The first-order chi connectivity index (χ1) is 15.7. The highest BCUT2D eigenvalue weighted by Gasteiger charge is 2.12. The maximum absolute atomic E-state index is 12.6. The van der Waals surface area contributed by atoms with Crippen LogP contribution in [0, 0.1) is 11.3 Å². The first-order valence-electron chi connectivity index (χ1n) is 9.38. The molecule has 0 radical (unpaired) electrons. The molecule has 3 heterocycles. The van der Waals surface area contributed by atoms with Crippen molar-refractivity contribution in [2.45, 2.75) is 0 Å². The van der Waals surface area contributed by atoms with Gasteiger partial charge in [-0.3, -0.25) is 0 Å². The summed E-state index contributed by atoms with van der Waals surface area (Å²) in [6.45, 7) is 0. The Hall–Kier alpha value is -5.11. The summed E-state index contributed by atoms with van der Waals surface area (Å²) in [7, 11) is 0. The van der Waals surface area contributed by atoms with Crippen LogP contribution >= 0.6 is 0 Å². The zero-order valence-electron chi connectivity index (χ0n) is 16.3. The van der Waals surface area contributed by atoms with E-state index in [1.54, 1.807) is 30.5 Å². The number of allylic oxidation sites excluding steroid dienone is 1. The summed E-state index contributed by atoms with van der Waals surface area (Å²) < 4.78 is 5.49. The normalized spacial score (nSPS) is 11.4. The van der Waals surface area contributed by atoms with Crippen LogP contribution in [0.15, 0.2) is 76.2 Å². The number of tetrazole rings is 1. The molecule has 5 rings (SSSR count). The Labute approximate surface area is 179 Å². The molecule has 0 aliphatic heterocycles. The Bertz CT molecular complexity index is 1530. The maximum Gasteiger partial charge on any atom is 0.364 e. The van der Waals surface area contributed by atoms with Crippen molar-refractivity contribution >= 4 is 22.2 Å². The minimum absolute atomic E-state index is 0.165. The van der Waals surface area contributed by atoms with Crippen molar-refractivity contribution in [3.63, 3.8) is 0 Å². The van der Waals surface area contributed by atoms with E-state index in [1.807, 2.05) is 36.4 Å². The molecular weight excluding hydrogens is 410 g/mol. The van der Waals surface area contributed by atoms with Crippen LogP contribution in [-0.4, -0.2) is 35.6 Å². The second-order valence-electron chi connectivity index (χ2n) is 6.61. The second-order valence-corrected chi connectivity index (χ2v) is 6.61. The molecular formula is C21H13N9O2. The van der Waals surface area contributed by atoms with E-state index < -0.39 is 5.63 Å². The molecule has 0 atom stereocenters. The average molecular weight is 423 g/mol. The fourth-order valence-corrected chi connectivity index (χ4v) is 3.03. The number of anilines is 1. The molecule has 0 aliphatic carbocycles. The maximum atomic E-state index is 12.6. The van der Waals surface area contributed by atoms with Crippen molar-refractivity contribution < 1.29 is 4.42 Å². The van der Waals surface area contributed by atoms with Gasteiger partial charge in [-0.1, -0.05) is 30.3 Å². The second kappa shape index (κ2) is 7.96. The largest absolute Gasteiger partial charge is 0.421 e. The average Bonchev–Trinajstić information content (AvgIpc) is 3.52. The standard InChI is InChI=1S/C21H13N9O2/c22-10-15(20-25-28-29-26-20)11-23-16-7-6-14-8-18(21(31)32-19(14)9-16)30-24-12-17(27-30)13-4-2-1-3-5-13/h1-9,11-12,23H,(H,25,26,28,29). The fourth-order valence-electron chi connectivity index (χ4n) is 3.03. The highest BCUT2D eigenvalue weighted by atomic mass is 16.4. The van der Waals surface area contributed by atoms with Gasteiger partial charge in [-0.2, -0.15) is 15.6 Å². The van der Waals surface area contributed by atoms with E-state index in [9.17, 15) is 10.1 Å². The van der Waals surface area contributed by atoms with Gasteiger partial charge in [0.1, 0.15) is 22.9 Å². The molecule has 2 aromatic carbocycles. The quantitative estimate of drug-likeness (QED) is 0.321. The predicted octanol–water partition coefficient (Wildman–Crippen LogP) is 2.53. The fraction of sp³-hybridized carbons (Fsp3) is 0. The Kier molecular flexibility index (Phi) is 4.70. The number of aromatic amines is 1. The van der Waals surface area contributed by atoms with E-state index in [1.165, 1.54) is 11.0 Å². The summed E-state index contributed by atoms with van der Waals surface area (Å²) in [4.78, 5) is 13.8. The Balaban J connectivity index is 1.45. The summed E-state index contributed by atoms with van der Waals surface area (Å²) in [5, 5.41) is 34.8. The SMILES string of the molecule is N#CC(=CNc1ccc2cc(-n3ncc(-c4ccccc4)n3)c(=O)oc2c1)c1nn[nH]n1. The molecule has 0 saturated heterocycles. The van der Waals surface area contributed by atoms with Gasteiger partial charge in [-0.15, -0.1) is 20.1 Å². The molecule has 0 fully saturated rings. The van der Waals surface area contributed by atoms with Gasteiger partial charge in [0.2, 0.25) is 5.82 Å². The van der Waals surface area contributed by atoms with Crippen LogP contribution in [-0.2, 0) is 0 Å². The molecule has 0 spiro atoms. The topological polar surface area (TPSA) is 151 Å². The highest BCUT2D eigenvalue weighted by Crippen LogP contribution is 2.21. The van der Waals surface area contributed by atoms with Gasteiger partial charge in [0, 0.05) is 28.9 Å². The van der Waals surface area contributed by atoms with E-state index >= 15 is 0 Å². The summed E-state index contributed by atoms with van der Waals surface area (Å²) in [5.41, 5.74) is 2.32. The number of hydrogen-bond donors (Lipinski definition) is 2. The lowest BCUT2D eigenvalue weighted by molar-refractivity contribution is 0.546. The number of nitrogens with zero attached hydrogens (tertiary/aromatic N) is 7. The van der Waals surface area contributed by atoms with Crippen LogP contribution in [0.5, 0.6) is 0 Å². The molecule has 0 unspecified atom stereocenters. The van der Waals surface area contributed by atoms with Crippen molar-refractivity contribution in [2.75, 3.05) is 5.32 Å². The number of fused-ring (bicyclic) bond motifs is 1. The van der Waals surface area contributed by atoms with Crippen molar-refractivity contribution in [2.24, 2.45) is 0 Å². The molecule has 0 saturated carbocycles. The molecule has 154 valence electrons. The van der Waals surface area contributed by atoms with Crippen LogP contribution in [0.25, 0.3) is 33.5 Å². The van der Waals surface area contributed by atoms with Gasteiger partial charge < -0.3 is 9.73 Å². The third kappa shape index (κ3) is 3.59. The zero-order chi connectivity index (χ0) is 21.9. The molecule has 11 heteroatoms. The van der Waals surface area contributed by atoms with E-state index in [4.69, 9.17) is 4.42 Å². The number of hydrogen-bond acceptors (Lipinski definition) is 9. The number of aromatic nitrogens is 7. The van der Waals surface area contributed by atoms with Gasteiger partial charge in [0.05, 0.1) is 6.20 Å². The van der Waals surface area contributed by atoms with E-state index in [0.717, 1.165) is 5.56 Å². The summed E-state index contributed by atoms with van der Waals surface area (Å²) in [5.74, 6) is 0.165. The molecule has 0 amide bonds. The van der Waals surface area contributed by atoms with Crippen LogP contribution in [0.3, 0.4) is 0 Å². The van der Waals surface area contributed by atoms with Crippen LogP contribution in [0.2, 0.25) is 0 Å². The monoisotopic (exact) mass is 423 g/mol. The first kappa shape index (κ1) is 18.9. The van der Waals surface area contributed by atoms with Crippen LogP contribution in [0.1, 0.15) is 5.82 Å². The summed E-state index contributed by atoms with van der Waals surface area (Å²) in [6, 6.07) is 18.4. The first-order valence-corrected chi connectivity index (χ1v) is 9.38. The third-order valence-corrected chi connectivity index (χ3v) is 4.58. The summed E-state index contributed by atoms with van der Waals surface area (Å²) in [6.07, 6.45) is 3.03. The van der Waals surface area contributed by atoms with Crippen molar-refractivity contribution in [1.82, 2.24) is 35.6 Å². The van der Waals surface area contributed by atoms with Gasteiger partial charge in [-0.25, -0.2) is 4.79 Å². The highest BCUT2D eigenvalue weighted by molar-refractivity contribution is 5.82. The van der Waals surface area contributed by atoms with E-state index in [0.29, 0.717) is 22.4 Å². The molecule has 32 heavy (non-hydrogen) atoms. The lowest BCUT2D eigenvalue weighted by Gasteiger charge is -2.05. The van der Waals surface area contributed by atoms with Crippen molar-refractivity contribution in [3.8, 4) is 23.0 Å². The number of rotatable bonds is 5. The molecule has 0 bridgehead atoms. The smallest absolute Gasteiger partial charge is 0.364 e. The molecule has 0 aliphatic rings. The molecule has 2 N–H and O–H groups in total. The van der Waals surface area contributed by atoms with Crippen molar-refractivity contribution in [1.29, 1.82) is 5.26 Å². The van der Waals surface area contributed by atoms with Crippen molar-refractivity contribution in [3.05, 3.63) is 83.2 Å². The minimum atomic E-state index is -0.579. The number of benzene rings is 2. The van der Waals surface area contributed by atoms with E-state index in [2.05, 4.69) is 36.1 Å². The van der Waals surface area contributed by atoms with Crippen LogP contribution < -0.4 is 10.9 Å². The zero-order valence-corrected chi connectivity index (χ0v) is 16.3. The van der Waals surface area contributed by atoms with E-state index in [-0.39, 0.29) is 17.1 Å². The Morgan fingerprint density at radius 3 is 2.84 bits per heavy atom. The Morgan fingerprint density at radius 2 is 2.06 bits per heavy atom. The molecule has 5 aromatic rings. The van der Waals surface area contributed by atoms with Gasteiger partial charge in [-0.05, 0) is 23.4 Å². The molecule has 11 nitrogen and oxygen atoms in total. The van der Waals surface area contributed by atoms with Gasteiger partial charge in [0.25, 0.3) is 0 Å². The minimum Gasteiger partial charge on any atom is -0.421 e. The molecule has 3 aromatic heterocycles. The predicted molar refractivity (Wildman–Crippen MR) is 114 cm³/mol. The van der Waals surface area contributed by atoms with Crippen LogP contribution in [0.4, 0.5) is 5.69 Å². The third-order valence-electron chi connectivity index (χ3n) is 4.58. The van der Waals surface area contributed by atoms with Gasteiger partial charge in [0.15, 0.2) is 5.69 Å². The number of nitrogens with one attached hydrogen (secondary N) is 2. The Morgan fingerprint density at radius 1 is 1.19 bits per heavy atom. The summed E-state index contributed by atoms with van der Waals surface area (Å²) >= 11 is 0. The number of nitriles is 1. The lowest BCUT2D eigenvalue weighted by atomic mass is 10.2. The number of H-pyrrole nitrogens is 1. The van der Waals surface area contributed by atoms with Gasteiger partial charge >= 0.3 is 5.63 Å². The lowest BCUT2D eigenvalue weighted by Crippen LogP contribution is -2.12.